The predicted molar refractivity (Wildman–Crippen MR) is 111 cm³/mol. The molecule has 0 saturated carbocycles. The molecule has 3 atom stereocenters. The molecule has 2 aliphatic heterocycles. The number of likely N-dealkylation sites (tertiary alicyclic amines) is 2. The maximum absolute atomic E-state index is 14.0. The van der Waals surface area contributed by atoms with E-state index in [4.69, 9.17) is 0 Å². The molecule has 156 valence electrons. The van der Waals surface area contributed by atoms with Crippen LogP contribution in [-0.4, -0.2) is 57.7 Å². The number of halogens is 1. The van der Waals surface area contributed by atoms with Crippen LogP contribution < -0.4 is 0 Å². The van der Waals surface area contributed by atoms with Crippen molar-refractivity contribution >= 4 is 5.91 Å². The number of carbonyl (C=O) groups excluding carboxylic acids is 1. The number of carbonyl (C=O) groups is 1. The molecule has 0 N–H and O–H groups in total. The van der Waals surface area contributed by atoms with Crippen LogP contribution in [0.3, 0.4) is 0 Å². The van der Waals surface area contributed by atoms with E-state index in [1.54, 1.807) is 18.3 Å². The molecule has 1 aromatic heterocycles. The fourth-order valence-corrected chi connectivity index (χ4v) is 5.03. The minimum atomic E-state index is -0.212. The number of nitrogens with zero attached hydrogens (tertiary/aromatic N) is 4. The zero-order valence-corrected chi connectivity index (χ0v) is 17.6. The van der Waals surface area contributed by atoms with Crippen LogP contribution in [-0.2, 0) is 0 Å². The van der Waals surface area contributed by atoms with Crippen LogP contribution in [0.2, 0.25) is 0 Å². The van der Waals surface area contributed by atoms with Gasteiger partial charge in [-0.15, -0.1) is 0 Å². The molecule has 4 rings (SSSR count). The second-order valence-corrected chi connectivity index (χ2v) is 8.81. The number of hydrogen-bond acceptors (Lipinski definition) is 3. The van der Waals surface area contributed by atoms with Gasteiger partial charge in [-0.05, 0) is 51.4 Å². The van der Waals surface area contributed by atoms with Crippen LogP contribution in [0.4, 0.5) is 4.39 Å². The Balaban J connectivity index is 1.70. The molecule has 3 heterocycles. The summed E-state index contributed by atoms with van der Waals surface area (Å²) < 4.78 is 15.8. The van der Waals surface area contributed by atoms with Crippen molar-refractivity contribution in [2.75, 3.05) is 20.1 Å². The third-order valence-corrected chi connectivity index (χ3v) is 6.53. The Morgan fingerprint density at radius 2 is 2.07 bits per heavy atom. The van der Waals surface area contributed by atoms with E-state index < -0.39 is 0 Å². The van der Waals surface area contributed by atoms with Crippen molar-refractivity contribution in [3.63, 3.8) is 0 Å². The lowest BCUT2D eigenvalue weighted by Gasteiger charge is -2.38. The molecule has 0 aliphatic carbocycles. The molecule has 1 amide bonds. The zero-order valence-electron chi connectivity index (χ0n) is 17.6. The first-order valence-electron chi connectivity index (χ1n) is 10.8. The summed E-state index contributed by atoms with van der Waals surface area (Å²) in [6, 6.07) is 7.47. The van der Waals surface area contributed by atoms with Crippen molar-refractivity contribution in [1.82, 2.24) is 19.6 Å². The fraction of sp³-hybridized carbons (Fsp3) is 0.565. The molecule has 0 radical (unpaired) electrons. The molecule has 29 heavy (non-hydrogen) atoms. The van der Waals surface area contributed by atoms with Crippen LogP contribution in [0.25, 0.3) is 0 Å². The molecule has 2 saturated heterocycles. The lowest BCUT2D eigenvalue weighted by Crippen LogP contribution is -2.50. The van der Waals surface area contributed by atoms with Gasteiger partial charge in [0.25, 0.3) is 5.91 Å². The highest BCUT2D eigenvalue weighted by Gasteiger charge is 2.45. The van der Waals surface area contributed by atoms with E-state index in [0.717, 1.165) is 37.9 Å². The number of benzene rings is 1. The normalized spacial score (nSPS) is 25.7. The molecule has 0 bridgehead atoms. The van der Waals surface area contributed by atoms with Gasteiger partial charge < -0.3 is 9.80 Å². The number of amides is 1. The molecule has 2 fully saturated rings. The first-order chi connectivity index (χ1) is 14.0. The maximum atomic E-state index is 14.0. The van der Waals surface area contributed by atoms with Gasteiger partial charge in [0, 0.05) is 37.3 Å². The van der Waals surface area contributed by atoms with E-state index >= 15 is 0 Å². The summed E-state index contributed by atoms with van der Waals surface area (Å²) in [5.74, 6) is -0.0519. The van der Waals surface area contributed by atoms with E-state index in [9.17, 15) is 9.18 Å². The number of hydrogen-bond donors (Lipinski definition) is 0. The largest absolute Gasteiger partial charge is 0.333 e. The summed E-state index contributed by atoms with van der Waals surface area (Å²) in [4.78, 5) is 18.0. The zero-order chi connectivity index (χ0) is 20.5. The standard InChI is InChI=1S/C23H31FN4O/c1-16(2)28-14-18(13-25-28)23(29)27-11-6-4-5-10-21-22(27)20(15-26(21)3)17-8-7-9-19(24)12-17/h7-9,12-14,16,20-22H,4-6,10-11,15H2,1-3H3/t20-,21+,22-/m0/s1. The van der Waals surface area contributed by atoms with Gasteiger partial charge >= 0.3 is 0 Å². The van der Waals surface area contributed by atoms with Gasteiger partial charge in [-0.2, -0.15) is 5.10 Å². The van der Waals surface area contributed by atoms with Crippen LogP contribution in [0.15, 0.2) is 36.7 Å². The monoisotopic (exact) mass is 398 g/mol. The number of fused-ring (bicyclic) bond motifs is 1. The Hall–Kier alpha value is -2.21. The van der Waals surface area contributed by atoms with Crippen LogP contribution in [0.1, 0.15) is 67.4 Å². The van der Waals surface area contributed by atoms with Gasteiger partial charge in [0.15, 0.2) is 0 Å². The van der Waals surface area contributed by atoms with E-state index in [1.807, 2.05) is 16.9 Å². The molecule has 1 aromatic carbocycles. The molecule has 6 heteroatoms. The first kappa shape index (κ1) is 20.1. The minimum absolute atomic E-state index is 0.0468. The molecule has 2 aliphatic rings. The van der Waals surface area contributed by atoms with E-state index in [1.165, 1.54) is 12.5 Å². The number of rotatable bonds is 3. The highest BCUT2D eigenvalue weighted by atomic mass is 19.1. The van der Waals surface area contributed by atoms with Crippen molar-refractivity contribution < 1.29 is 9.18 Å². The van der Waals surface area contributed by atoms with Gasteiger partial charge in [0.05, 0.1) is 17.8 Å². The quantitative estimate of drug-likeness (QED) is 0.782. The van der Waals surface area contributed by atoms with Crippen LogP contribution >= 0.6 is 0 Å². The topological polar surface area (TPSA) is 41.4 Å². The van der Waals surface area contributed by atoms with E-state index in [2.05, 4.69) is 35.8 Å². The second-order valence-electron chi connectivity index (χ2n) is 8.81. The summed E-state index contributed by atoms with van der Waals surface area (Å²) in [6.07, 6.45) is 7.93. The summed E-state index contributed by atoms with van der Waals surface area (Å²) in [5, 5.41) is 4.37. The molecular weight excluding hydrogens is 367 g/mol. The molecule has 0 unspecified atom stereocenters. The average molecular weight is 399 g/mol. The van der Waals surface area contributed by atoms with Crippen molar-refractivity contribution in [3.05, 3.63) is 53.6 Å². The molecular formula is C23H31FN4O. The minimum Gasteiger partial charge on any atom is -0.333 e. The Morgan fingerprint density at radius 1 is 1.24 bits per heavy atom. The molecule has 5 nitrogen and oxygen atoms in total. The summed E-state index contributed by atoms with van der Waals surface area (Å²) in [7, 11) is 2.14. The maximum Gasteiger partial charge on any atom is 0.257 e. The Labute approximate surface area is 172 Å². The Bertz CT molecular complexity index is 864. The second kappa shape index (κ2) is 8.27. The van der Waals surface area contributed by atoms with Gasteiger partial charge in [-0.1, -0.05) is 25.0 Å². The van der Waals surface area contributed by atoms with Crippen molar-refractivity contribution in [1.29, 1.82) is 0 Å². The fourth-order valence-electron chi connectivity index (χ4n) is 5.03. The lowest BCUT2D eigenvalue weighted by atomic mass is 9.86. The number of likely N-dealkylation sites (N-methyl/N-ethyl adjacent to an activating group) is 1. The molecule has 0 spiro atoms. The van der Waals surface area contributed by atoms with Gasteiger partial charge in [0.2, 0.25) is 0 Å². The third kappa shape index (κ3) is 3.95. The summed E-state index contributed by atoms with van der Waals surface area (Å²) in [5.41, 5.74) is 1.63. The van der Waals surface area contributed by atoms with Gasteiger partial charge in [-0.3, -0.25) is 9.48 Å². The highest BCUT2D eigenvalue weighted by Crippen LogP contribution is 2.39. The SMILES string of the molecule is CC(C)n1cc(C(=O)N2CCCCC[C@@H]3[C@@H]2[C@H](c2cccc(F)c2)CN3C)cn1. The first-order valence-corrected chi connectivity index (χ1v) is 10.8. The van der Waals surface area contributed by atoms with Crippen molar-refractivity contribution in [2.24, 2.45) is 0 Å². The number of aromatic nitrogens is 2. The predicted octanol–water partition coefficient (Wildman–Crippen LogP) is 4.09. The Kier molecular flexibility index (Phi) is 5.72. The average Bonchev–Trinajstić information content (AvgIpc) is 3.27. The van der Waals surface area contributed by atoms with Crippen molar-refractivity contribution in [2.45, 2.75) is 63.6 Å². The summed E-state index contributed by atoms with van der Waals surface area (Å²) in [6.45, 7) is 5.69. The molecule has 2 aromatic rings. The van der Waals surface area contributed by atoms with Crippen molar-refractivity contribution in [3.8, 4) is 0 Å². The van der Waals surface area contributed by atoms with Gasteiger partial charge in [0.1, 0.15) is 5.82 Å². The van der Waals surface area contributed by atoms with E-state index in [-0.39, 0.29) is 29.7 Å². The smallest absolute Gasteiger partial charge is 0.257 e. The Morgan fingerprint density at radius 3 is 2.79 bits per heavy atom. The summed E-state index contributed by atoms with van der Waals surface area (Å²) >= 11 is 0. The highest BCUT2D eigenvalue weighted by molar-refractivity contribution is 5.94. The van der Waals surface area contributed by atoms with E-state index in [0.29, 0.717) is 11.6 Å². The van der Waals surface area contributed by atoms with Crippen LogP contribution in [0.5, 0.6) is 0 Å². The third-order valence-electron chi connectivity index (χ3n) is 6.53. The van der Waals surface area contributed by atoms with Crippen LogP contribution in [0, 0.1) is 5.82 Å². The van der Waals surface area contributed by atoms with Gasteiger partial charge in [-0.25, -0.2) is 4.39 Å². The lowest BCUT2D eigenvalue weighted by molar-refractivity contribution is 0.0587.